The number of piperidine rings is 2. The molecule has 0 bridgehead atoms. The van der Waals surface area contributed by atoms with Gasteiger partial charge in [-0.05, 0) is 64.1 Å². The van der Waals surface area contributed by atoms with Crippen molar-refractivity contribution in [2.24, 2.45) is 11.8 Å². The molecule has 4 aliphatic rings. The lowest BCUT2D eigenvalue weighted by Gasteiger charge is -2.41. The molecule has 2 amide bonds. The smallest absolute Gasteiger partial charge is 0.226 e. The van der Waals surface area contributed by atoms with Crippen molar-refractivity contribution in [2.45, 2.75) is 57.9 Å². The largest absolute Gasteiger partial charge is 0.379 e. The average Bonchev–Trinajstić information content (AvgIpc) is 3.66. The third kappa shape index (κ3) is 6.42. The van der Waals surface area contributed by atoms with E-state index in [0.717, 1.165) is 111 Å². The van der Waals surface area contributed by atoms with Crippen molar-refractivity contribution in [1.29, 1.82) is 0 Å². The van der Waals surface area contributed by atoms with Crippen LogP contribution in [0.5, 0.6) is 0 Å². The number of nitrogens with zero attached hydrogens (tertiary/aromatic N) is 4. The van der Waals surface area contributed by atoms with Crippen LogP contribution in [0.1, 0.15) is 51.9 Å². The number of morpholine rings is 1. The molecule has 0 radical (unpaired) electrons. The van der Waals surface area contributed by atoms with Crippen molar-refractivity contribution in [1.82, 2.24) is 19.6 Å². The summed E-state index contributed by atoms with van der Waals surface area (Å²) in [5.74, 6) is 1.41. The Hall–Kier alpha value is -1.18. The van der Waals surface area contributed by atoms with Crippen molar-refractivity contribution in [3.05, 3.63) is 0 Å². The van der Waals surface area contributed by atoms with E-state index in [0.29, 0.717) is 24.2 Å². The average molecular weight is 435 g/mol. The predicted octanol–water partition coefficient (Wildman–Crippen LogP) is 1.67. The molecule has 31 heavy (non-hydrogen) atoms. The third-order valence-corrected chi connectivity index (χ3v) is 7.78. The Morgan fingerprint density at radius 1 is 0.935 bits per heavy atom. The summed E-state index contributed by atoms with van der Waals surface area (Å²) in [6.45, 7) is 12.4. The van der Waals surface area contributed by atoms with Crippen LogP contribution in [0.3, 0.4) is 0 Å². The van der Waals surface area contributed by atoms with Crippen molar-refractivity contribution in [3.63, 3.8) is 0 Å². The van der Waals surface area contributed by atoms with E-state index in [1.807, 2.05) is 0 Å². The Balaban J connectivity index is 1.30. The van der Waals surface area contributed by atoms with Crippen LogP contribution in [0.2, 0.25) is 0 Å². The highest BCUT2D eigenvalue weighted by Crippen LogP contribution is 2.33. The van der Waals surface area contributed by atoms with Gasteiger partial charge in [-0.15, -0.1) is 0 Å². The lowest BCUT2D eigenvalue weighted by molar-refractivity contribution is -0.141. The number of amides is 2. The maximum Gasteiger partial charge on any atom is 0.226 e. The van der Waals surface area contributed by atoms with Crippen LogP contribution >= 0.6 is 0 Å². The van der Waals surface area contributed by atoms with E-state index in [1.165, 1.54) is 0 Å². The molecule has 1 aliphatic carbocycles. The maximum atomic E-state index is 13.1. The van der Waals surface area contributed by atoms with Crippen molar-refractivity contribution in [3.8, 4) is 0 Å². The summed E-state index contributed by atoms with van der Waals surface area (Å²) in [7, 11) is 0. The summed E-state index contributed by atoms with van der Waals surface area (Å²) in [5, 5.41) is 0. The molecular formula is C24H42N4O3. The molecule has 0 N–H and O–H groups in total. The number of carbonyl (C=O) groups is 2. The Labute approximate surface area is 188 Å². The fourth-order valence-corrected chi connectivity index (χ4v) is 5.43. The summed E-state index contributed by atoms with van der Waals surface area (Å²) < 4.78 is 5.46. The fraction of sp³-hybridized carbons (Fsp3) is 0.917. The highest BCUT2D eigenvalue weighted by atomic mass is 16.5. The van der Waals surface area contributed by atoms with Crippen molar-refractivity contribution >= 4 is 11.8 Å². The molecule has 3 saturated heterocycles. The topological polar surface area (TPSA) is 56.3 Å². The minimum atomic E-state index is 0.189. The van der Waals surface area contributed by atoms with Crippen molar-refractivity contribution < 1.29 is 14.3 Å². The van der Waals surface area contributed by atoms with Crippen LogP contribution in [0.25, 0.3) is 0 Å². The molecule has 3 aliphatic heterocycles. The van der Waals surface area contributed by atoms with E-state index in [2.05, 4.69) is 26.5 Å². The second-order valence-electron chi connectivity index (χ2n) is 9.98. The lowest BCUT2D eigenvalue weighted by atomic mass is 9.92. The first kappa shape index (κ1) is 23.0. The normalized spacial score (nSPS) is 26.7. The van der Waals surface area contributed by atoms with Gasteiger partial charge in [0.1, 0.15) is 0 Å². The molecule has 4 fully saturated rings. The summed E-state index contributed by atoms with van der Waals surface area (Å²) in [6, 6.07) is 0.189. The molecule has 3 heterocycles. The van der Waals surface area contributed by atoms with E-state index in [9.17, 15) is 9.59 Å². The monoisotopic (exact) mass is 434 g/mol. The van der Waals surface area contributed by atoms with Gasteiger partial charge in [0.15, 0.2) is 0 Å². The maximum absolute atomic E-state index is 13.1. The molecule has 0 aromatic rings. The highest BCUT2D eigenvalue weighted by molar-refractivity contribution is 5.81. The van der Waals surface area contributed by atoms with Crippen molar-refractivity contribution in [2.75, 3.05) is 72.1 Å². The van der Waals surface area contributed by atoms with Crippen LogP contribution in [-0.4, -0.2) is 110 Å². The highest BCUT2D eigenvalue weighted by Gasteiger charge is 2.38. The van der Waals surface area contributed by atoms with Crippen LogP contribution in [-0.2, 0) is 14.3 Å². The zero-order valence-electron chi connectivity index (χ0n) is 19.5. The molecule has 4 rings (SSSR count). The molecule has 7 heteroatoms. The zero-order valence-corrected chi connectivity index (χ0v) is 19.5. The first-order valence-electron chi connectivity index (χ1n) is 12.7. The molecule has 0 aromatic carbocycles. The predicted molar refractivity (Wildman–Crippen MR) is 121 cm³/mol. The minimum Gasteiger partial charge on any atom is -0.379 e. The van der Waals surface area contributed by atoms with Gasteiger partial charge < -0.3 is 19.4 Å². The minimum absolute atomic E-state index is 0.189. The molecular weight excluding hydrogens is 392 g/mol. The van der Waals surface area contributed by atoms with E-state index in [1.54, 1.807) is 0 Å². The molecule has 0 aromatic heterocycles. The number of likely N-dealkylation sites (tertiary alicyclic amines) is 2. The van der Waals surface area contributed by atoms with Gasteiger partial charge in [-0.3, -0.25) is 14.5 Å². The molecule has 1 unspecified atom stereocenters. The zero-order chi connectivity index (χ0) is 21.6. The Morgan fingerprint density at radius 3 is 2.35 bits per heavy atom. The van der Waals surface area contributed by atoms with E-state index in [4.69, 9.17) is 4.74 Å². The van der Waals surface area contributed by atoms with E-state index in [-0.39, 0.29) is 12.0 Å². The Morgan fingerprint density at radius 2 is 1.68 bits per heavy atom. The second kappa shape index (κ2) is 11.1. The fourth-order valence-electron chi connectivity index (χ4n) is 5.43. The molecule has 7 nitrogen and oxygen atoms in total. The summed E-state index contributed by atoms with van der Waals surface area (Å²) in [4.78, 5) is 35.3. The van der Waals surface area contributed by atoms with Gasteiger partial charge in [0.05, 0.1) is 13.2 Å². The van der Waals surface area contributed by atoms with Gasteiger partial charge in [0.2, 0.25) is 11.8 Å². The second-order valence-corrected chi connectivity index (χ2v) is 9.98. The van der Waals surface area contributed by atoms with Crippen LogP contribution < -0.4 is 0 Å². The number of hydrogen-bond acceptors (Lipinski definition) is 5. The number of ether oxygens (including phenoxy) is 1. The SMILES string of the molecule is CCN1CCC(CC(=O)N2CCCC(N(CCN3CCOCC3)C(=O)C3CC3)C2)CC1. The van der Waals surface area contributed by atoms with E-state index < -0.39 is 0 Å². The Bertz CT molecular complexity index is 598. The van der Waals surface area contributed by atoms with Gasteiger partial charge in [-0.25, -0.2) is 0 Å². The molecule has 1 atom stereocenters. The first-order chi connectivity index (χ1) is 15.1. The molecule has 1 saturated carbocycles. The van der Waals surface area contributed by atoms with Gasteiger partial charge in [0.25, 0.3) is 0 Å². The first-order valence-corrected chi connectivity index (χ1v) is 12.7. The lowest BCUT2D eigenvalue weighted by Crippen LogP contribution is -2.54. The summed E-state index contributed by atoms with van der Waals surface area (Å²) >= 11 is 0. The standard InChI is InChI=1S/C24H42N4O3/c1-2-25-10-7-20(8-11-25)18-23(29)27-9-3-4-22(19-27)28(24(30)21-5-6-21)13-12-26-14-16-31-17-15-26/h20-22H,2-19H2,1H3. The van der Waals surface area contributed by atoms with Gasteiger partial charge >= 0.3 is 0 Å². The third-order valence-electron chi connectivity index (χ3n) is 7.78. The molecule has 0 spiro atoms. The van der Waals surface area contributed by atoms with Crippen LogP contribution in [0, 0.1) is 11.8 Å². The van der Waals surface area contributed by atoms with Gasteiger partial charge in [-0.2, -0.15) is 0 Å². The van der Waals surface area contributed by atoms with Crippen LogP contribution in [0.15, 0.2) is 0 Å². The number of carbonyl (C=O) groups excluding carboxylic acids is 2. The molecule has 176 valence electrons. The number of rotatable bonds is 8. The van der Waals surface area contributed by atoms with Gasteiger partial charge in [-0.1, -0.05) is 6.92 Å². The van der Waals surface area contributed by atoms with Crippen LogP contribution in [0.4, 0.5) is 0 Å². The summed E-state index contributed by atoms with van der Waals surface area (Å²) in [6.07, 6.45) is 7.09. The summed E-state index contributed by atoms with van der Waals surface area (Å²) in [5.41, 5.74) is 0. The number of hydrogen-bond donors (Lipinski definition) is 0. The van der Waals surface area contributed by atoms with Gasteiger partial charge in [0, 0.05) is 57.6 Å². The quantitative estimate of drug-likeness (QED) is 0.582. The Kier molecular flexibility index (Phi) is 8.24. The van der Waals surface area contributed by atoms with E-state index >= 15 is 0 Å².